The third-order valence-electron chi connectivity index (χ3n) is 4.71. The van der Waals surface area contributed by atoms with Crippen LogP contribution >= 0.6 is 11.3 Å². The molecule has 1 N–H and O–H groups in total. The van der Waals surface area contributed by atoms with Gasteiger partial charge in [0.05, 0.1) is 31.0 Å². The molecule has 2 aromatic carbocycles. The van der Waals surface area contributed by atoms with Gasteiger partial charge in [-0.25, -0.2) is 4.79 Å². The number of esters is 1. The lowest BCUT2D eigenvalue weighted by Crippen LogP contribution is -2.20. The molecule has 0 aliphatic heterocycles. The molecule has 0 fully saturated rings. The lowest BCUT2D eigenvalue weighted by molar-refractivity contribution is -0.118. The number of amides is 1. The van der Waals surface area contributed by atoms with Crippen LogP contribution in [0, 0.1) is 0 Å². The fourth-order valence-corrected chi connectivity index (χ4v) is 3.65. The summed E-state index contributed by atoms with van der Waals surface area (Å²) in [5.74, 6) is 0.696. The number of rotatable bonds is 10. The molecule has 0 aliphatic carbocycles. The molecule has 2 heterocycles. The van der Waals surface area contributed by atoms with E-state index in [1.807, 2.05) is 16.8 Å². The minimum Gasteiger partial charge on any atom is -0.495 e. The summed E-state index contributed by atoms with van der Waals surface area (Å²) in [5, 5.41) is 10.3. The monoisotopic (exact) mass is 495 g/mol. The normalized spacial score (nSPS) is 10.5. The zero-order valence-electron chi connectivity index (χ0n) is 18.8. The summed E-state index contributed by atoms with van der Waals surface area (Å²) in [6, 6.07) is 13.4. The van der Waals surface area contributed by atoms with Crippen LogP contribution in [0.25, 0.3) is 11.5 Å². The van der Waals surface area contributed by atoms with Gasteiger partial charge < -0.3 is 28.8 Å². The summed E-state index contributed by atoms with van der Waals surface area (Å²) in [7, 11) is 2.95. The van der Waals surface area contributed by atoms with Gasteiger partial charge in [-0.1, -0.05) is 17.3 Å². The zero-order chi connectivity index (χ0) is 24.6. The maximum Gasteiger partial charge on any atom is 0.338 e. The Morgan fingerprint density at radius 3 is 2.63 bits per heavy atom. The molecule has 0 aliphatic rings. The number of aromatic nitrogens is 2. The van der Waals surface area contributed by atoms with Crippen molar-refractivity contribution in [3.8, 4) is 28.7 Å². The Labute approximate surface area is 204 Å². The number of benzene rings is 2. The van der Waals surface area contributed by atoms with Gasteiger partial charge in [-0.2, -0.15) is 16.3 Å². The largest absolute Gasteiger partial charge is 0.495 e. The molecular weight excluding hydrogens is 474 g/mol. The molecule has 2 aromatic heterocycles. The molecule has 0 spiro atoms. The average Bonchev–Trinajstić information content (AvgIpc) is 3.58. The van der Waals surface area contributed by atoms with E-state index in [-0.39, 0.29) is 42.0 Å². The Morgan fingerprint density at radius 2 is 1.86 bits per heavy atom. The van der Waals surface area contributed by atoms with Gasteiger partial charge in [-0.15, -0.1) is 0 Å². The SMILES string of the molecule is COc1ccccc1NC(=O)COc1ccc(C(=O)OCc2noc(-c3ccsc3)n2)cc1OC. The highest BCUT2D eigenvalue weighted by molar-refractivity contribution is 7.08. The van der Waals surface area contributed by atoms with E-state index in [0.717, 1.165) is 5.56 Å². The summed E-state index contributed by atoms with van der Waals surface area (Å²) < 4.78 is 26.5. The van der Waals surface area contributed by atoms with Crippen LogP contribution in [0.3, 0.4) is 0 Å². The number of methoxy groups -OCH3 is 2. The van der Waals surface area contributed by atoms with Crippen molar-refractivity contribution in [1.29, 1.82) is 0 Å². The highest BCUT2D eigenvalue weighted by Gasteiger charge is 2.16. The molecule has 0 atom stereocenters. The molecule has 0 radical (unpaired) electrons. The molecule has 0 saturated heterocycles. The highest BCUT2D eigenvalue weighted by Crippen LogP contribution is 2.29. The minimum absolute atomic E-state index is 0.157. The van der Waals surface area contributed by atoms with Crippen LogP contribution in [-0.2, 0) is 16.1 Å². The van der Waals surface area contributed by atoms with E-state index in [4.69, 9.17) is 23.5 Å². The first-order valence-electron chi connectivity index (χ1n) is 10.3. The van der Waals surface area contributed by atoms with E-state index in [2.05, 4.69) is 15.5 Å². The molecule has 180 valence electrons. The van der Waals surface area contributed by atoms with E-state index in [9.17, 15) is 9.59 Å². The molecular formula is C24H21N3O7S. The number of nitrogens with zero attached hydrogens (tertiary/aromatic N) is 2. The number of thiophene rings is 1. The first-order valence-corrected chi connectivity index (χ1v) is 11.3. The van der Waals surface area contributed by atoms with Gasteiger partial charge in [0.2, 0.25) is 5.82 Å². The van der Waals surface area contributed by atoms with Gasteiger partial charge in [0.1, 0.15) is 5.75 Å². The summed E-state index contributed by atoms with van der Waals surface area (Å²) >= 11 is 1.51. The topological polar surface area (TPSA) is 122 Å². The Balaban J connectivity index is 1.33. The van der Waals surface area contributed by atoms with Crippen LogP contribution in [0.4, 0.5) is 5.69 Å². The van der Waals surface area contributed by atoms with Crippen LogP contribution in [0.15, 0.2) is 63.8 Å². The predicted octanol–water partition coefficient (Wildman–Crippen LogP) is 4.19. The standard InChI is InChI=1S/C24H21N3O7S/c1-30-18-6-4-3-5-17(18)25-22(28)13-32-19-8-7-15(11-20(19)31-2)24(29)33-12-21-26-23(34-27-21)16-9-10-35-14-16/h3-11,14H,12-13H2,1-2H3,(H,25,28). The van der Waals surface area contributed by atoms with Crippen molar-refractivity contribution in [1.82, 2.24) is 10.1 Å². The van der Waals surface area contributed by atoms with Crippen molar-refractivity contribution in [2.24, 2.45) is 0 Å². The van der Waals surface area contributed by atoms with Gasteiger partial charge in [0.25, 0.3) is 11.8 Å². The second-order valence-corrected chi connectivity index (χ2v) is 7.79. The summed E-state index contributed by atoms with van der Waals surface area (Å²) in [6.07, 6.45) is 0. The number of nitrogens with one attached hydrogen (secondary N) is 1. The Bertz CT molecular complexity index is 1300. The number of para-hydroxylation sites is 2. The molecule has 4 aromatic rings. The Kier molecular flexibility index (Phi) is 7.58. The van der Waals surface area contributed by atoms with Crippen LogP contribution in [-0.4, -0.2) is 42.8 Å². The number of hydrogen-bond donors (Lipinski definition) is 1. The van der Waals surface area contributed by atoms with E-state index in [1.165, 1.54) is 43.8 Å². The maximum atomic E-state index is 12.5. The maximum absolute atomic E-state index is 12.5. The molecule has 0 saturated carbocycles. The highest BCUT2D eigenvalue weighted by atomic mass is 32.1. The van der Waals surface area contributed by atoms with E-state index in [0.29, 0.717) is 17.3 Å². The van der Waals surface area contributed by atoms with Crippen LogP contribution in [0.5, 0.6) is 17.2 Å². The van der Waals surface area contributed by atoms with Gasteiger partial charge >= 0.3 is 5.97 Å². The van der Waals surface area contributed by atoms with Crippen molar-refractivity contribution < 1.29 is 33.1 Å². The molecule has 0 unspecified atom stereocenters. The van der Waals surface area contributed by atoms with Crippen LogP contribution < -0.4 is 19.5 Å². The second-order valence-electron chi connectivity index (χ2n) is 7.01. The molecule has 4 rings (SSSR count). The van der Waals surface area contributed by atoms with Gasteiger partial charge in [0.15, 0.2) is 24.7 Å². The zero-order valence-corrected chi connectivity index (χ0v) is 19.7. The quantitative estimate of drug-likeness (QED) is 0.323. The van der Waals surface area contributed by atoms with Gasteiger partial charge in [-0.05, 0) is 41.8 Å². The van der Waals surface area contributed by atoms with E-state index < -0.39 is 5.97 Å². The van der Waals surface area contributed by atoms with Crippen molar-refractivity contribution in [3.63, 3.8) is 0 Å². The minimum atomic E-state index is -0.606. The Hall–Kier alpha value is -4.38. The fraction of sp³-hybridized carbons (Fsp3) is 0.167. The smallest absolute Gasteiger partial charge is 0.338 e. The summed E-state index contributed by atoms with van der Waals surface area (Å²) in [5.41, 5.74) is 1.56. The van der Waals surface area contributed by atoms with Crippen molar-refractivity contribution in [3.05, 3.63) is 70.7 Å². The second kappa shape index (κ2) is 11.2. The van der Waals surface area contributed by atoms with Gasteiger partial charge in [-0.3, -0.25) is 4.79 Å². The number of ether oxygens (including phenoxy) is 4. The summed E-state index contributed by atoms with van der Waals surface area (Å²) in [6.45, 7) is -0.432. The third-order valence-corrected chi connectivity index (χ3v) is 5.39. The lowest BCUT2D eigenvalue weighted by Gasteiger charge is -2.13. The molecule has 11 heteroatoms. The first kappa shape index (κ1) is 23.8. The molecule has 1 amide bonds. The van der Waals surface area contributed by atoms with Crippen molar-refractivity contribution in [2.75, 3.05) is 26.1 Å². The van der Waals surface area contributed by atoms with E-state index in [1.54, 1.807) is 24.3 Å². The number of carbonyl (C=O) groups is 2. The van der Waals surface area contributed by atoms with Gasteiger partial charge in [0, 0.05) is 5.38 Å². The van der Waals surface area contributed by atoms with Crippen LogP contribution in [0.1, 0.15) is 16.2 Å². The molecule has 0 bridgehead atoms. The average molecular weight is 496 g/mol. The number of anilines is 1. The fourth-order valence-electron chi connectivity index (χ4n) is 3.02. The molecule has 35 heavy (non-hydrogen) atoms. The Morgan fingerprint density at radius 1 is 1.03 bits per heavy atom. The van der Waals surface area contributed by atoms with Crippen LogP contribution in [0.2, 0.25) is 0 Å². The van der Waals surface area contributed by atoms with Crippen molar-refractivity contribution in [2.45, 2.75) is 6.61 Å². The van der Waals surface area contributed by atoms with E-state index >= 15 is 0 Å². The third kappa shape index (κ3) is 5.95. The first-order chi connectivity index (χ1) is 17.1. The summed E-state index contributed by atoms with van der Waals surface area (Å²) in [4.78, 5) is 29.0. The predicted molar refractivity (Wildman–Crippen MR) is 127 cm³/mol. The molecule has 10 nitrogen and oxygen atoms in total. The van der Waals surface area contributed by atoms with Crippen molar-refractivity contribution >= 4 is 28.9 Å². The number of carbonyl (C=O) groups excluding carboxylic acids is 2. The lowest BCUT2D eigenvalue weighted by atomic mass is 10.2. The number of hydrogen-bond acceptors (Lipinski definition) is 10.